The van der Waals surface area contributed by atoms with Gasteiger partial charge in [-0.3, -0.25) is 9.59 Å². The molecule has 1 saturated heterocycles. The van der Waals surface area contributed by atoms with Gasteiger partial charge in [-0.1, -0.05) is 6.92 Å². The number of rotatable bonds is 8. The minimum atomic E-state index is -0.745. The van der Waals surface area contributed by atoms with E-state index < -0.39 is 11.6 Å². The Morgan fingerprint density at radius 3 is 2.72 bits per heavy atom. The van der Waals surface area contributed by atoms with Crippen LogP contribution in [0.4, 0.5) is 5.82 Å². The Hall–Kier alpha value is -1.80. The molecule has 4 aliphatic rings. The number of amides is 1. The van der Waals surface area contributed by atoms with Crippen LogP contribution in [0.2, 0.25) is 0 Å². The van der Waals surface area contributed by atoms with Crippen molar-refractivity contribution >= 4 is 29.5 Å². The van der Waals surface area contributed by atoms with E-state index in [1.54, 1.807) is 11.8 Å². The number of aliphatic carboxylic acids is 1. The maximum absolute atomic E-state index is 13.9. The number of aromatic nitrogens is 1. The summed E-state index contributed by atoms with van der Waals surface area (Å²) < 4.78 is 0. The molecule has 3 bridgehead atoms. The molecule has 0 radical (unpaired) electrons. The first-order valence-electron chi connectivity index (χ1n) is 13.9. The van der Waals surface area contributed by atoms with E-state index in [1.165, 1.54) is 0 Å². The normalized spacial score (nSPS) is 33.4. The zero-order chi connectivity index (χ0) is 25.4. The van der Waals surface area contributed by atoms with Crippen molar-refractivity contribution in [3.63, 3.8) is 0 Å². The van der Waals surface area contributed by atoms with Gasteiger partial charge in [-0.15, -0.1) is 11.8 Å². The largest absolute Gasteiger partial charge is 0.481 e. The molecule has 1 aromatic rings. The molecular weight excluding hydrogens is 474 g/mol. The maximum atomic E-state index is 13.9. The van der Waals surface area contributed by atoms with Crippen LogP contribution in [-0.2, 0) is 4.79 Å². The third-order valence-corrected chi connectivity index (χ3v) is 10.4. The molecule has 198 valence electrons. The van der Waals surface area contributed by atoms with E-state index in [-0.39, 0.29) is 24.3 Å². The third-order valence-electron chi connectivity index (χ3n) is 9.22. The van der Waals surface area contributed by atoms with Gasteiger partial charge in [0.1, 0.15) is 10.8 Å². The molecular formula is C28H41N3O4S. The number of piperidine rings is 1. The van der Waals surface area contributed by atoms with Crippen LogP contribution in [0.25, 0.3) is 0 Å². The predicted octanol–water partition coefficient (Wildman–Crippen LogP) is 4.68. The highest BCUT2D eigenvalue weighted by Gasteiger charge is 2.53. The Kier molecular flexibility index (Phi) is 7.55. The van der Waals surface area contributed by atoms with Crippen LogP contribution in [-0.4, -0.2) is 69.5 Å². The van der Waals surface area contributed by atoms with Crippen molar-refractivity contribution in [2.24, 2.45) is 23.7 Å². The Bertz CT molecular complexity index is 990. The van der Waals surface area contributed by atoms with Crippen molar-refractivity contribution in [2.75, 3.05) is 30.8 Å². The highest BCUT2D eigenvalue weighted by Crippen LogP contribution is 2.56. The minimum absolute atomic E-state index is 0.0322. The van der Waals surface area contributed by atoms with Gasteiger partial charge in [-0.25, -0.2) is 4.98 Å². The fourth-order valence-corrected chi connectivity index (χ4v) is 8.53. The molecule has 2 heterocycles. The molecule has 8 heteroatoms. The Morgan fingerprint density at radius 1 is 1.17 bits per heavy atom. The van der Waals surface area contributed by atoms with Gasteiger partial charge in [0.25, 0.3) is 5.91 Å². The molecule has 5 rings (SSSR count). The molecule has 36 heavy (non-hydrogen) atoms. The first kappa shape index (κ1) is 25.8. The van der Waals surface area contributed by atoms with Gasteiger partial charge in [0, 0.05) is 32.6 Å². The standard InChI is InChI=1S/C28H41N3O4S/c1-3-11-36-26-22(7-9-24(29-26)31-10-4-5-18(17-31)12-25(32)33)27(34)30(2)23-8-6-19-14-28(35)15-20(19)13-21(23)16-28/h7,9,18-21,23,35H,3-6,8,10-17H2,1-2H3,(H,32,33)/t18-,19?,20?,21?,23+,28+/m0/s1. The predicted molar refractivity (Wildman–Crippen MR) is 141 cm³/mol. The zero-order valence-corrected chi connectivity index (χ0v) is 22.5. The minimum Gasteiger partial charge on any atom is -0.481 e. The number of carbonyl (C=O) groups excluding carboxylic acids is 1. The maximum Gasteiger partial charge on any atom is 0.303 e. The fraction of sp³-hybridized carbons (Fsp3) is 0.750. The second-order valence-electron chi connectivity index (χ2n) is 11.8. The molecule has 3 unspecified atom stereocenters. The van der Waals surface area contributed by atoms with Crippen molar-refractivity contribution in [3.05, 3.63) is 17.7 Å². The molecule has 3 aliphatic carbocycles. The summed E-state index contributed by atoms with van der Waals surface area (Å²) in [5.74, 6) is 2.75. The first-order valence-corrected chi connectivity index (χ1v) is 14.8. The average Bonchev–Trinajstić information content (AvgIpc) is 3.00. The van der Waals surface area contributed by atoms with Crippen LogP contribution >= 0.6 is 11.8 Å². The zero-order valence-electron chi connectivity index (χ0n) is 21.7. The number of hydrogen-bond donors (Lipinski definition) is 2. The molecule has 3 saturated carbocycles. The highest BCUT2D eigenvalue weighted by molar-refractivity contribution is 7.99. The lowest BCUT2D eigenvalue weighted by Crippen LogP contribution is -2.46. The van der Waals surface area contributed by atoms with Gasteiger partial charge in [0.15, 0.2) is 0 Å². The topological polar surface area (TPSA) is 94.0 Å². The number of carboxylic acids is 1. The Balaban J connectivity index is 1.35. The second kappa shape index (κ2) is 10.5. The number of carboxylic acid groups (broad SMARTS) is 1. The molecule has 1 amide bonds. The van der Waals surface area contributed by atoms with Crippen LogP contribution in [0.15, 0.2) is 17.2 Å². The number of hydrogen-bond acceptors (Lipinski definition) is 6. The van der Waals surface area contributed by atoms with Crippen molar-refractivity contribution in [1.82, 2.24) is 9.88 Å². The van der Waals surface area contributed by atoms with Crippen LogP contribution in [0, 0.1) is 23.7 Å². The summed E-state index contributed by atoms with van der Waals surface area (Å²) in [6.45, 7) is 3.69. The fourth-order valence-electron chi connectivity index (χ4n) is 7.66. The van der Waals surface area contributed by atoms with Gasteiger partial charge in [-0.05, 0) is 99.3 Å². The third kappa shape index (κ3) is 5.26. The van der Waals surface area contributed by atoms with Crippen LogP contribution in [0.3, 0.4) is 0 Å². The van der Waals surface area contributed by atoms with Crippen LogP contribution < -0.4 is 4.90 Å². The summed E-state index contributed by atoms with van der Waals surface area (Å²) in [5.41, 5.74) is 0.151. The van der Waals surface area contributed by atoms with Crippen molar-refractivity contribution < 1.29 is 19.8 Å². The van der Waals surface area contributed by atoms with Gasteiger partial charge in [0.2, 0.25) is 0 Å². The molecule has 0 aromatic carbocycles. The van der Waals surface area contributed by atoms with E-state index in [0.29, 0.717) is 29.9 Å². The number of fused-ring (bicyclic) bond motifs is 2. The number of pyridine rings is 1. The molecule has 7 nitrogen and oxygen atoms in total. The van der Waals surface area contributed by atoms with E-state index in [4.69, 9.17) is 4.98 Å². The lowest BCUT2D eigenvalue weighted by atomic mass is 9.75. The molecule has 6 atom stereocenters. The van der Waals surface area contributed by atoms with Crippen LogP contribution in [0.1, 0.15) is 81.5 Å². The summed E-state index contributed by atoms with van der Waals surface area (Å²) in [6, 6.07) is 4.05. The highest BCUT2D eigenvalue weighted by atomic mass is 32.2. The summed E-state index contributed by atoms with van der Waals surface area (Å²) in [7, 11) is 1.95. The van der Waals surface area contributed by atoms with E-state index in [9.17, 15) is 19.8 Å². The van der Waals surface area contributed by atoms with Crippen LogP contribution in [0.5, 0.6) is 0 Å². The number of nitrogens with zero attached hydrogens (tertiary/aromatic N) is 3. The van der Waals surface area contributed by atoms with E-state index in [0.717, 1.165) is 80.9 Å². The number of aliphatic hydroxyl groups is 1. The van der Waals surface area contributed by atoms with Crippen molar-refractivity contribution in [2.45, 2.75) is 87.8 Å². The second-order valence-corrected chi connectivity index (χ2v) is 12.9. The summed E-state index contributed by atoms with van der Waals surface area (Å²) >= 11 is 1.64. The van der Waals surface area contributed by atoms with E-state index >= 15 is 0 Å². The molecule has 2 N–H and O–H groups in total. The quantitative estimate of drug-likeness (QED) is 0.486. The summed E-state index contributed by atoms with van der Waals surface area (Å²) in [6.07, 6.45) is 9.06. The van der Waals surface area contributed by atoms with E-state index in [2.05, 4.69) is 11.8 Å². The molecule has 1 aliphatic heterocycles. The number of anilines is 1. The SMILES string of the molecule is CCCSc1nc(N2CCC[C@@H](CC(=O)O)C2)ccc1C(=O)N(C)[C@@H]1CCC2C[C@@]3(O)CC2CC1C3. The number of carbonyl (C=O) groups is 2. The Morgan fingerprint density at radius 2 is 1.94 bits per heavy atom. The van der Waals surface area contributed by atoms with Crippen molar-refractivity contribution in [1.29, 1.82) is 0 Å². The molecule has 4 fully saturated rings. The van der Waals surface area contributed by atoms with Crippen molar-refractivity contribution in [3.8, 4) is 0 Å². The molecule has 0 spiro atoms. The Labute approximate surface area is 219 Å². The smallest absolute Gasteiger partial charge is 0.303 e. The number of thioether (sulfide) groups is 1. The summed E-state index contributed by atoms with van der Waals surface area (Å²) in [5, 5.41) is 21.1. The van der Waals surface area contributed by atoms with Gasteiger partial charge in [0.05, 0.1) is 11.2 Å². The lowest BCUT2D eigenvalue weighted by molar-refractivity contribution is -0.138. The molecule has 1 aromatic heterocycles. The summed E-state index contributed by atoms with van der Waals surface area (Å²) in [4.78, 5) is 34.2. The van der Waals surface area contributed by atoms with Gasteiger partial charge in [-0.2, -0.15) is 0 Å². The monoisotopic (exact) mass is 515 g/mol. The van der Waals surface area contributed by atoms with E-state index in [1.807, 2.05) is 24.1 Å². The first-order chi connectivity index (χ1) is 17.3. The van der Waals surface area contributed by atoms with Gasteiger partial charge < -0.3 is 20.0 Å². The lowest BCUT2D eigenvalue weighted by Gasteiger charge is -2.41. The average molecular weight is 516 g/mol. The van der Waals surface area contributed by atoms with Gasteiger partial charge >= 0.3 is 5.97 Å².